The predicted octanol–water partition coefficient (Wildman–Crippen LogP) is 3.59. The van der Waals surface area contributed by atoms with Crippen LogP contribution in [0.5, 0.6) is 0 Å². The number of nitrogens with one attached hydrogen (secondary N) is 2. The molecule has 0 saturated carbocycles. The molecule has 2 aromatic rings. The minimum absolute atomic E-state index is 0.115. The quantitative estimate of drug-likeness (QED) is 0.883. The van der Waals surface area contributed by atoms with Gasteiger partial charge in [0.25, 0.3) is 0 Å². The topological polar surface area (TPSA) is 54.0 Å². The van der Waals surface area contributed by atoms with Crippen molar-refractivity contribution in [2.75, 3.05) is 6.54 Å². The lowest BCUT2D eigenvalue weighted by atomic mass is 10.1. The highest BCUT2D eigenvalue weighted by Crippen LogP contribution is 2.17. The zero-order valence-electron chi connectivity index (χ0n) is 12.3. The van der Waals surface area contributed by atoms with E-state index in [-0.39, 0.29) is 11.9 Å². The van der Waals surface area contributed by atoms with Crippen molar-refractivity contribution >= 4 is 17.4 Å². The van der Waals surface area contributed by atoms with Gasteiger partial charge in [-0.2, -0.15) is 0 Å². The van der Waals surface area contributed by atoms with Gasteiger partial charge in [0.2, 0.25) is 0 Å². The van der Waals surface area contributed by atoms with E-state index in [0.717, 1.165) is 17.1 Å². The molecule has 22 heavy (non-hydrogen) atoms. The summed E-state index contributed by atoms with van der Waals surface area (Å²) >= 11 is 1.54. The number of carbonyl (C=O) groups is 1. The highest BCUT2D eigenvalue weighted by atomic mass is 32.1. The van der Waals surface area contributed by atoms with Crippen LogP contribution in [0.4, 0.5) is 13.6 Å². The van der Waals surface area contributed by atoms with Crippen LogP contribution in [0.3, 0.4) is 0 Å². The summed E-state index contributed by atoms with van der Waals surface area (Å²) in [5, 5.41) is 8.27. The monoisotopic (exact) mass is 325 g/mol. The fourth-order valence-electron chi connectivity index (χ4n) is 1.92. The van der Waals surface area contributed by atoms with E-state index in [2.05, 4.69) is 15.6 Å². The molecule has 0 bridgehead atoms. The molecule has 0 saturated heterocycles. The van der Waals surface area contributed by atoms with E-state index >= 15 is 0 Å². The van der Waals surface area contributed by atoms with Crippen LogP contribution in [0, 0.1) is 11.6 Å². The van der Waals surface area contributed by atoms with E-state index in [4.69, 9.17) is 0 Å². The predicted molar refractivity (Wildman–Crippen MR) is 81.8 cm³/mol. The Labute approximate surface area is 131 Å². The summed E-state index contributed by atoms with van der Waals surface area (Å²) in [7, 11) is 0. The van der Waals surface area contributed by atoms with Crippen LogP contribution in [0.15, 0.2) is 29.8 Å². The molecule has 1 aromatic heterocycles. The number of rotatable bonds is 5. The first-order valence-electron chi connectivity index (χ1n) is 6.86. The molecule has 0 aliphatic rings. The molecule has 2 atom stereocenters. The Hall–Kier alpha value is -2.02. The maximum absolute atomic E-state index is 13.2. The van der Waals surface area contributed by atoms with Gasteiger partial charge < -0.3 is 10.6 Å². The third-order valence-electron chi connectivity index (χ3n) is 3.23. The average molecular weight is 325 g/mol. The average Bonchev–Trinajstić information content (AvgIpc) is 3.02. The van der Waals surface area contributed by atoms with Crippen molar-refractivity contribution in [2.24, 2.45) is 0 Å². The first kappa shape index (κ1) is 16.4. The zero-order valence-corrected chi connectivity index (χ0v) is 13.1. The van der Waals surface area contributed by atoms with Crippen LogP contribution in [0.25, 0.3) is 0 Å². The number of carbonyl (C=O) groups excluding carboxylic acids is 1. The molecular weight excluding hydrogens is 308 g/mol. The second-order valence-electron chi connectivity index (χ2n) is 5.02. The van der Waals surface area contributed by atoms with Crippen molar-refractivity contribution in [2.45, 2.75) is 25.8 Å². The second-order valence-corrected chi connectivity index (χ2v) is 5.95. The van der Waals surface area contributed by atoms with Gasteiger partial charge in [-0.1, -0.05) is 13.0 Å². The van der Waals surface area contributed by atoms with E-state index in [9.17, 15) is 13.6 Å². The van der Waals surface area contributed by atoms with Crippen molar-refractivity contribution in [3.05, 3.63) is 52.0 Å². The summed E-state index contributed by atoms with van der Waals surface area (Å²) in [5.41, 5.74) is 0.502. The van der Waals surface area contributed by atoms with Crippen LogP contribution >= 0.6 is 11.3 Å². The van der Waals surface area contributed by atoms with Gasteiger partial charge >= 0.3 is 6.03 Å². The maximum atomic E-state index is 13.2. The third-order valence-corrected chi connectivity index (χ3v) is 4.24. The molecule has 2 amide bonds. The molecule has 4 nitrogen and oxygen atoms in total. The molecule has 0 radical (unpaired) electrons. The second kappa shape index (κ2) is 7.31. The van der Waals surface area contributed by atoms with Crippen LogP contribution in [-0.4, -0.2) is 17.6 Å². The number of benzene rings is 1. The molecule has 7 heteroatoms. The SMILES string of the molecule is C[C@H](CNC(=O)N[C@H](C)c1ccc(F)c(F)c1)c1nccs1. The number of hydrogen-bond acceptors (Lipinski definition) is 3. The Morgan fingerprint density at radius 2 is 2.09 bits per heavy atom. The molecular formula is C15H17F2N3OS. The van der Waals surface area contributed by atoms with E-state index in [1.165, 1.54) is 17.4 Å². The number of nitrogens with zero attached hydrogens (tertiary/aromatic N) is 1. The Bertz CT molecular complexity index is 634. The van der Waals surface area contributed by atoms with Gasteiger partial charge in [0.15, 0.2) is 11.6 Å². The molecule has 1 heterocycles. The fourth-order valence-corrected chi connectivity index (χ4v) is 2.62. The molecule has 2 N–H and O–H groups in total. The maximum Gasteiger partial charge on any atom is 0.315 e. The summed E-state index contributed by atoms with van der Waals surface area (Å²) in [6.45, 7) is 4.12. The number of hydrogen-bond donors (Lipinski definition) is 2. The highest BCUT2D eigenvalue weighted by molar-refractivity contribution is 7.09. The standard InChI is InChI=1S/C15H17F2N3OS/c1-9(14-18-5-6-22-14)8-19-15(21)20-10(2)11-3-4-12(16)13(17)7-11/h3-7,9-10H,8H2,1-2H3,(H2,19,20,21)/t9-,10-/m1/s1. The molecule has 0 spiro atoms. The zero-order chi connectivity index (χ0) is 16.1. The first-order chi connectivity index (χ1) is 10.5. The number of aromatic nitrogens is 1. The number of halogens is 2. The minimum Gasteiger partial charge on any atom is -0.337 e. The normalized spacial score (nSPS) is 13.5. The van der Waals surface area contributed by atoms with Crippen LogP contribution in [0.1, 0.15) is 36.4 Å². The summed E-state index contributed by atoms with van der Waals surface area (Å²) in [6, 6.07) is 2.79. The first-order valence-corrected chi connectivity index (χ1v) is 7.74. The molecule has 118 valence electrons. The molecule has 0 aliphatic heterocycles. The summed E-state index contributed by atoms with van der Waals surface area (Å²) in [4.78, 5) is 16.0. The molecule has 0 unspecified atom stereocenters. The van der Waals surface area contributed by atoms with Crippen molar-refractivity contribution in [3.8, 4) is 0 Å². The van der Waals surface area contributed by atoms with Gasteiger partial charge in [-0.15, -0.1) is 11.3 Å². The Morgan fingerprint density at radius 3 is 2.73 bits per heavy atom. The van der Waals surface area contributed by atoms with Crippen molar-refractivity contribution < 1.29 is 13.6 Å². The summed E-state index contributed by atoms with van der Waals surface area (Å²) < 4.78 is 26.1. The smallest absolute Gasteiger partial charge is 0.315 e. The molecule has 2 rings (SSSR count). The number of thiazole rings is 1. The Kier molecular flexibility index (Phi) is 5.43. The van der Waals surface area contributed by atoms with E-state index < -0.39 is 17.7 Å². The van der Waals surface area contributed by atoms with Crippen molar-refractivity contribution in [3.63, 3.8) is 0 Å². The lowest BCUT2D eigenvalue weighted by Gasteiger charge is -2.16. The van der Waals surface area contributed by atoms with Crippen LogP contribution < -0.4 is 10.6 Å². The largest absolute Gasteiger partial charge is 0.337 e. The number of urea groups is 1. The summed E-state index contributed by atoms with van der Waals surface area (Å²) in [6.07, 6.45) is 1.72. The van der Waals surface area contributed by atoms with Gasteiger partial charge in [-0.05, 0) is 24.6 Å². The summed E-state index contributed by atoms with van der Waals surface area (Å²) in [5.74, 6) is -1.72. The number of amides is 2. The third kappa shape index (κ3) is 4.24. The highest BCUT2D eigenvalue weighted by Gasteiger charge is 2.13. The van der Waals surface area contributed by atoms with Crippen LogP contribution in [-0.2, 0) is 0 Å². The van der Waals surface area contributed by atoms with Crippen molar-refractivity contribution in [1.82, 2.24) is 15.6 Å². The van der Waals surface area contributed by atoms with Gasteiger partial charge in [0.1, 0.15) is 0 Å². The van der Waals surface area contributed by atoms with Gasteiger partial charge in [0.05, 0.1) is 11.0 Å². The van der Waals surface area contributed by atoms with E-state index in [0.29, 0.717) is 12.1 Å². The van der Waals surface area contributed by atoms with E-state index in [1.54, 1.807) is 13.1 Å². The Morgan fingerprint density at radius 1 is 1.32 bits per heavy atom. The minimum atomic E-state index is -0.927. The van der Waals surface area contributed by atoms with Gasteiger partial charge in [0, 0.05) is 24.0 Å². The Balaban J connectivity index is 1.84. The lowest BCUT2D eigenvalue weighted by molar-refractivity contribution is 0.237. The molecule has 0 fully saturated rings. The molecule has 1 aromatic carbocycles. The van der Waals surface area contributed by atoms with Crippen molar-refractivity contribution in [1.29, 1.82) is 0 Å². The van der Waals surface area contributed by atoms with Gasteiger partial charge in [-0.3, -0.25) is 0 Å². The molecule has 0 aliphatic carbocycles. The van der Waals surface area contributed by atoms with E-state index in [1.807, 2.05) is 12.3 Å². The fraction of sp³-hybridized carbons (Fsp3) is 0.333. The lowest BCUT2D eigenvalue weighted by Crippen LogP contribution is -2.38. The van der Waals surface area contributed by atoms with Gasteiger partial charge in [-0.25, -0.2) is 18.6 Å². The van der Waals surface area contributed by atoms with Crippen LogP contribution in [0.2, 0.25) is 0 Å².